The highest BCUT2D eigenvalue weighted by Crippen LogP contribution is 2.45. The number of hydrogen-bond donors (Lipinski definition) is 1. The van der Waals surface area contributed by atoms with Crippen LogP contribution in [0.5, 0.6) is 11.5 Å². The quantitative estimate of drug-likeness (QED) is 0.631. The molecular weight excluding hydrogens is 388 g/mol. The number of ketones is 1. The summed E-state index contributed by atoms with van der Waals surface area (Å²) in [6.07, 6.45) is 2.04. The van der Waals surface area contributed by atoms with E-state index < -0.39 is 23.5 Å². The van der Waals surface area contributed by atoms with Crippen molar-refractivity contribution in [3.05, 3.63) is 59.3 Å². The average molecular weight is 414 g/mol. The van der Waals surface area contributed by atoms with E-state index in [1.807, 2.05) is 19.0 Å². The summed E-state index contributed by atoms with van der Waals surface area (Å²) in [6, 6.07) is 7.49. The van der Waals surface area contributed by atoms with E-state index in [0.29, 0.717) is 30.0 Å². The van der Waals surface area contributed by atoms with Gasteiger partial charge in [0.05, 0.1) is 32.1 Å². The van der Waals surface area contributed by atoms with E-state index in [1.54, 1.807) is 24.3 Å². The van der Waals surface area contributed by atoms with Gasteiger partial charge >= 0.3 is 0 Å². The molecule has 1 N–H and O–H groups in total. The molecule has 8 heteroatoms. The maximum Gasteiger partial charge on any atom is 0.290 e. The number of benzene rings is 1. The van der Waals surface area contributed by atoms with E-state index in [4.69, 9.17) is 13.9 Å². The number of aliphatic hydroxyl groups is 1. The van der Waals surface area contributed by atoms with Crippen LogP contribution < -0.4 is 9.47 Å². The average Bonchev–Trinajstić information content (AvgIpc) is 3.35. The molecule has 0 spiro atoms. The fraction of sp³-hybridized carbons (Fsp3) is 0.364. The SMILES string of the molecule is COc1cccc([C@@H]2C(C(=O)c3ccco3)=C(O)C(=O)N2CCCN(C)C)c1OC. The number of ether oxygens (including phenoxy) is 2. The second kappa shape index (κ2) is 9.04. The lowest BCUT2D eigenvalue weighted by Gasteiger charge is -2.28. The fourth-order valence-corrected chi connectivity index (χ4v) is 3.66. The molecule has 160 valence electrons. The number of carbonyl (C=O) groups is 2. The summed E-state index contributed by atoms with van der Waals surface area (Å²) < 4.78 is 16.2. The van der Waals surface area contributed by atoms with Crippen molar-refractivity contribution in [2.45, 2.75) is 12.5 Å². The van der Waals surface area contributed by atoms with Gasteiger partial charge < -0.3 is 28.8 Å². The van der Waals surface area contributed by atoms with Crippen LogP contribution in [0.1, 0.15) is 28.6 Å². The minimum atomic E-state index is -0.831. The Balaban J connectivity index is 2.11. The Bertz CT molecular complexity index is 949. The fourth-order valence-electron chi connectivity index (χ4n) is 3.66. The zero-order valence-electron chi connectivity index (χ0n) is 17.5. The molecule has 1 aromatic heterocycles. The Hall–Kier alpha value is -3.26. The van der Waals surface area contributed by atoms with Crippen LogP contribution in [0, 0.1) is 0 Å². The maximum absolute atomic E-state index is 13.2. The highest BCUT2D eigenvalue weighted by Gasteiger charge is 2.45. The molecule has 3 rings (SSSR count). The lowest BCUT2D eigenvalue weighted by molar-refractivity contribution is -0.129. The molecule has 1 atom stereocenters. The van der Waals surface area contributed by atoms with Gasteiger partial charge in [-0.1, -0.05) is 12.1 Å². The molecule has 0 fully saturated rings. The third-order valence-corrected chi connectivity index (χ3v) is 5.03. The number of Topliss-reactive ketones (excluding diaryl/α,β-unsaturated/α-hetero) is 1. The first-order valence-corrected chi connectivity index (χ1v) is 9.58. The minimum absolute atomic E-state index is 0.0358. The van der Waals surface area contributed by atoms with Gasteiger partial charge in [-0.05, 0) is 45.3 Å². The monoisotopic (exact) mass is 414 g/mol. The van der Waals surface area contributed by atoms with Crippen LogP contribution in [0.3, 0.4) is 0 Å². The number of methoxy groups -OCH3 is 2. The standard InChI is InChI=1S/C22H26N2O6/c1-23(2)11-7-12-24-18(14-8-5-9-16(28-3)21(14)29-4)17(20(26)22(24)27)19(25)15-10-6-13-30-15/h5-6,8-10,13,18,26H,7,11-12H2,1-4H3/t18-/m1/s1. The van der Waals surface area contributed by atoms with Gasteiger partial charge in [0.1, 0.15) is 0 Å². The summed E-state index contributed by atoms with van der Waals surface area (Å²) in [5.41, 5.74) is 0.514. The van der Waals surface area contributed by atoms with Crippen LogP contribution in [0.25, 0.3) is 0 Å². The predicted molar refractivity (Wildman–Crippen MR) is 110 cm³/mol. The van der Waals surface area contributed by atoms with Crippen LogP contribution in [0.15, 0.2) is 52.3 Å². The summed E-state index contributed by atoms with van der Waals surface area (Å²) in [7, 11) is 6.89. The van der Waals surface area contributed by atoms with Gasteiger partial charge in [-0.15, -0.1) is 0 Å². The van der Waals surface area contributed by atoms with E-state index in [0.717, 1.165) is 6.54 Å². The molecule has 1 aliphatic heterocycles. The molecule has 8 nitrogen and oxygen atoms in total. The Morgan fingerprint density at radius 2 is 1.97 bits per heavy atom. The van der Waals surface area contributed by atoms with Crippen LogP contribution in [0.2, 0.25) is 0 Å². The van der Waals surface area contributed by atoms with E-state index in [-0.39, 0.29) is 11.3 Å². The van der Waals surface area contributed by atoms with Gasteiger partial charge in [-0.25, -0.2) is 0 Å². The third-order valence-electron chi connectivity index (χ3n) is 5.03. The molecule has 0 saturated carbocycles. The number of hydrogen-bond acceptors (Lipinski definition) is 7. The van der Waals surface area contributed by atoms with Gasteiger partial charge in [-0.3, -0.25) is 9.59 Å². The van der Waals surface area contributed by atoms with Crippen molar-refractivity contribution in [2.24, 2.45) is 0 Å². The molecule has 0 radical (unpaired) electrons. The lowest BCUT2D eigenvalue weighted by Crippen LogP contribution is -2.33. The number of aliphatic hydroxyl groups excluding tert-OH is 1. The topological polar surface area (TPSA) is 92.5 Å². The molecule has 0 aliphatic carbocycles. The molecule has 1 aromatic carbocycles. The minimum Gasteiger partial charge on any atom is -0.503 e. The first-order valence-electron chi connectivity index (χ1n) is 9.58. The summed E-state index contributed by atoms with van der Waals surface area (Å²) >= 11 is 0. The number of amides is 1. The first-order chi connectivity index (χ1) is 14.4. The van der Waals surface area contributed by atoms with Crippen molar-refractivity contribution in [1.82, 2.24) is 9.80 Å². The molecule has 1 amide bonds. The molecule has 30 heavy (non-hydrogen) atoms. The highest BCUT2D eigenvalue weighted by atomic mass is 16.5. The summed E-state index contributed by atoms with van der Waals surface area (Å²) in [4.78, 5) is 29.6. The van der Waals surface area contributed by atoms with Crippen LogP contribution >= 0.6 is 0 Å². The van der Waals surface area contributed by atoms with Crippen LogP contribution in [-0.4, -0.2) is 68.0 Å². The van der Waals surface area contributed by atoms with E-state index >= 15 is 0 Å². The van der Waals surface area contributed by atoms with Crippen molar-refractivity contribution in [1.29, 1.82) is 0 Å². The number of carbonyl (C=O) groups excluding carboxylic acids is 2. The summed E-state index contributed by atoms with van der Waals surface area (Å²) in [6.45, 7) is 1.09. The number of rotatable bonds is 9. The zero-order valence-corrected chi connectivity index (χ0v) is 17.5. The molecule has 0 bridgehead atoms. The molecular formula is C22H26N2O6. The normalized spacial score (nSPS) is 16.5. The lowest BCUT2D eigenvalue weighted by atomic mass is 9.94. The maximum atomic E-state index is 13.2. The molecule has 2 heterocycles. The van der Waals surface area contributed by atoms with Gasteiger partial charge in [0.25, 0.3) is 5.91 Å². The number of para-hydroxylation sites is 1. The second-order valence-electron chi connectivity index (χ2n) is 7.21. The van der Waals surface area contributed by atoms with Crippen molar-refractivity contribution in [2.75, 3.05) is 41.4 Å². The molecule has 0 saturated heterocycles. The Morgan fingerprint density at radius 3 is 2.57 bits per heavy atom. The van der Waals surface area contributed by atoms with Crippen molar-refractivity contribution in [3.63, 3.8) is 0 Å². The molecule has 2 aromatic rings. The van der Waals surface area contributed by atoms with Crippen LogP contribution in [0.4, 0.5) is 0 Å². The second-order valence-corrected chi connectivity index (χ2v) is 7.21. The summed E-state index contributed by atoms with van der Waals surface area (Å²) in [5.74, 6) is -0.807. The van der Waals surface area contributed by atoms with Crippen LogP contribution in [-0.2, 0) is 4.79 Å². The zero-order chi connectivity index (χ0) is 21.8. The van der Waals surface area contributed by atoms with E-state index in [2.05, 4.69) is 0 Å². The van der Waals surface area contributed by atoms with E-state index in [9.17, 15) is 14.7 Å². The van der Waals surface area contributed by atoms with Gasteiger partial charge in [0.15, 0.2) is 23.0 Å². The number of nitrogens with zero attached hydrogens (tertiary/aromatic N) is 2. The molecule has 1 aliphatic rings. The summed E-state index contributed by atoms with van der Waals surface area (Å²) in [5, 5.41) is 10.7. The van der Waals surface area contributed by atoms with Gasteiger partial charge in [0.2, 0.25) is 5.78 Å². The van der Waals surface area contributed by atoms with Gasteiger partial charge in [0, 0.05) is 12.1 Å². The van der Waals surface area contributed by atoms with E-state index in [1.165, 1.54) is 31.4 Å². The predicted octanol–water partition coefficient (Wildman–Crippen LogP) is 2.83. The highest BCUT2D eigenvalue weighted by molar-refractivity contribution is 6.15. The van der Waals surface area contributed by atoms with Gasteiger partial charge in [-0.2, -0.15) is 0 Å². The first kappa shape index (κ1) is 21.4. The Kier molecular flexibility index (Phi) is 6.47. The number of furan rings is 1. The Morgan fingerprint density at radius 1 is 1.20 bits per heavy atom. The van der Waals surface area contributed by atoms with Crippen molar-refractivity contribution >= 4 is 11.7 Å². The van der Waals surface area contributed by atoms with Crippen molar-refractivity contribution < 1.29 is 28.6 Å². The van der Waals surface area contributed by atoms with Crippen molar-refractivity contribution in [3.8, 4) is 11.5 Å². The largest absolute Gasteiger partial charge is 0.503 e. The smallest absolute Gasteiger partial charge is 0.290 e. The Labute approximate surface area is 175 Å². The third kappa shape index (κ3) is 3.91. The molecule has 0 unspecified atom stereocenters.